The fourth-order valence-corrected chi connectivity index (χ4v) is 3.84. The normalized spacial score (nSPS) is 16.0. The van der Waals surface area contributed by atoms with Crippen molar-refractivity contribution < 1.29 is 9.90 Å². The zero-order valence-corrected chi connectivity index (χ0v) is 12.5. The van der Waals surface area contributed by atoms with E-state index in [0.29, 0.717) is 11.7 Å². The maximum atomic E-state index is 11.2. The molecular weight excluding hydrogens is 284 g/mol. The van der Waals surface area contributed by atoms with Gasteiger partial charge in [-0.1, -0.05) is 24.3 Å². The Morgan fingerprint density at radius 2 is 2.10 bits per heavy atom. The fourth-order valence-electron chi connectivity index (χ4n) is 2.63. The summed E-state index contributed by atoms with van der Waals surface area (Å²) in [6.07, 6.45) is 2.43. The number of hydrogen-bond donors (Lipinski definition) is 2. The van der Waals surface area contributed by atoms with Crippen molar-refractivity contribution in [3.8, 4) is 0 Å². The molecule has 3 rings (SSSR count). The molecule has 0 amide bonds. The van der Waals surface area contributed by atoms with Crippen molar-refractivity contribution in [2.24, 2.45) is 5.92 Å². The van der Waals surface area contributed by atoms with Crippen molar-refractivity contribution in [2.45, 2.75) is 12.8 Å². The molecule has 2 N–H and O–H groups in total. The number of aromatic nitrogens is 1. The largest absolute Gasteiger partial charge is 0.477 e. The third-order valence-electron chi connectivity index (χ3n) is 3.86. The van der Waals surface area contributed by atoms with Crippen molar-refractivity contribution in [1.29, 1.82) is 0 Å². The standard InChI is InChI=1S/C16H18N2O2S/c19-16(20)14-9-12-3-1-2-4-13(12)15(18-14)17-10-11-5-7-21-8-6-11/h1-4,9,11H,5-8,10H2,(H,17,18)(H,19,20). The van der Waals surface area contributed by atoms with Crippen LogP contribution in [0.15, 0.2) is 30.3 Å². The van der Waals surface area contributed by atoms with E-state index in [0.717, 1.165) is 17.3 Å². The number of carboxylic acids is 1. The van der Waals surface area contributed by atoms with Crippen LogP contribution in [0.25, 0.3) is 10.8 Å². The van der Waals surface area contributed by atoms with Gasteiger partial charge in [0.2, 0.25) is 0 Å². The lowest BCUT2D eigenvalue weighted by Gasteiger charge is -2.22. The lowest BCUT2D eigenvalue weighted by molar-refractivity contribution is 0.0691. The Kier molecular flexibility index (Phi) is 4.29. The van der Waals surface area contributed by atoms with E-state index in [-0.39, 0.29) is 5.69 Å². The molecule has 5 heteroatoms. The van der Waals surface area contributed by atoms with Crippen LogP contribution in [0.1, 0.15) is 23.3 Å². The van der Waals surface area contributed by atoms with Crippen LogP contribution in [-0.2, 0) is 0 Å². The molecule has 2 aromatic rings. The van der Waals surface area contributed by atoms with Gasteiger partial charge >= 0.3 is 5.97 Å². The van der Waals surface area contributed by atoms with E-state index >= 15 is 0 Å². The monoisotopic (exact) mass is 302 g/mol. The Morgan fingerprint density at radius 1 is 1.33 bits per heavy atom. The van der Waals surface area contributed by atoms with E-state index in [2.05, 4.69) is 10.3 Å². The molecule has 0 aliphatic carbocycles. The zero-order chi connectivity index (χ0) is 14.7. The number of nitrogens with zero attached hydrogens (tertiary/aromatic N) is 1. The topological polar surface area (TPSA) is 62.2 Å². The van der Waals surface area contributed by atoms with Crippen LogP contribution in [0.5, 0.6) is 0 Å². The minimum Gasteiger partial charge on any atom is -0.477 e. The molecule has 2 heterocycles. The number of anilines is 1. The Hall–Kier alpha value is -1.75. The second-order valence-electron chi connectivity index (χ2n) is 5.32. The van der Waals surface area contributed by atoms with Crippen LogP contribution in [0.2, 0.25) is 0 Å². The predicted molar refractivity (Wildman–Crippen MR) is 87.2 cm³/mol. The molecule has 1 aliphatic rings. The number of hydrogen-bond acceptors (Lipinski definition) is 4. The van der Waals surface area contributed by atoms with Crippen molar-refractivity contribution in [2.75, 3.05) is 23.4 Å². The number of rotatable bonds is 4. The summed E-state index contributed by atoms with van der Waals surface area (Å²) in [5, 5.41) is 14.4. The molecule has 1 fully saturated rings. The zero-order valence-electron chi connectivity index (χ0n) is 11.7. The number of nitrogens with one attached hydrogen (secondary N) is 1. The number of aromatic carboxylic acids is 1. The first-order valence-corrected chi connectivity index (χ1v) is 8.34. The van der Waals surface area contributed by atoms with Crippen LogP contribution in [0.4, 0.5) is 5.82 Å². The molecule has 1 aromatic heterocycles. The molecule has 21 heavy (non-hydrogen) atoms. The molecule has 1 aliphatic heterocycles. The highest BCUT2D eigenvalue weighted by Crippen LogP contribution is 2.26. The molecule has 0 unspecified atom stereocenters. The second kappa shape index (κ2) is 6.35. The Morgan fingerprint density at radius 3 is 2.86 bits per heavy atom. The van der Waals surface area contributed by atoms with Gasteiger partial charge in [-0.3, -0.25) is 0 Å². The van der Waals surface area contributed by atoms with E-state index in [4.69, 9.17) is 0 Å². The minimum absolute atomic E-state index is 0.0930. The van der Waals surface area contributed by atoms with Gasteiger partial charge in [0.15, 0.2) is 5.69 Å². The summed E-state index contributed by atoms with van der Waals surface area (Å²) in [7, 11) is 0. The first-order valence-electron chi connectivity index (χ1n) is 7.19. The maximum Gasteiger partial charge on any atom is 0.354 e. The number of carbonyl (C=O) groups is 1. The van der Waals surface area contributed by atoms with Gasteiger partial charge in [0, 0.05) is 11.9 Å². The highest BCUT2D eigenvalue weighted by molar-refractivity contribution is 7.99. The molecule has 1 aromatic carbocycles. The van der Waals surface area contributed by atoms with Gasteiger partial charge in [-0.25, -0.2) is 9.78 Å². The van der Waals surface area contributed by atoms with Gasteiger partial charge in [-0.05, 0) is 41.7 Å². The molecule has 0 spiro atoms. The van der Waals surface area contributed by atoms with Crippen molar-refractivity contribution >= 4 is 34.3 Å². The first kappa shape index (κ1) is 14.2. The highest BCUT2D eigenvalue weighted by atomic mass is 32.2. The molecule has 0 saturated carbocycles. The second-order valence-corrected chi connectivity index (χ2v) is 6.54. The van der Waals surface area contributed by atoms with Crippen LogP contribution in [0, 0.1) is 5.92 Å². The third-order valence-corrected chi connectivity index (χ3v) is 4.91. The van der Waals surface area contributed by atoms with Crippen molar-refractivity contribution in [3.05, 3.63) is 36.0 Å². The SMILES string of the molecule is O=C(O)c1cc2ccccc2c(NCC2CCSCC2)n1. The number of thioether (sulfide) groups is 1. The molecule has 0 bridgehead atoms. The van der Waals surface area contributed by atoms with E-state index in [1.165, 1.54) is 24.3 Å². The third kappa shape index (κ3) is 3.29. The van der Waals surface area contributed by atoms with Crippen molar-refractivity contribution in [1.82, 2.24) is 4.98 Å². The summed E-state index contributed by atoms with van der Waals surface area (Å²) in [4.78, 5) is 15.5. The highest BCUT2D eigenvalue weighted by Gasteiger charge is 2.15. The molecule has 110 valence electrons. The van der Waals surface area contributed by atoms with Gasteiger partial charge in [-0.2, -0.15) is 11.8 Å². The summed E-state index contributed by atoms with van der Waals surface area (Å²) in [5.41, 5.74) is 0.0930. The van der Waals surface area contributed by atoms with Crippen LogP contribution in [0.3, 0.4) is 0 Å². The first-order chi connectivity index (χ1) is 10.2. The van der Waals surface area contributed by atoms with Gasteiger partial charge in [0.1, 0.15) is 5.82 Å². The number of carboxylic acid groups (broad SMARTS) is 1. The average Bonchev–Trinajstić information content (AvgIpc) is 2.53. The van der Waals surface area contributed by atoms with E-state index < -0.39 is 5.97 Å². The Bertz CT molecular complexity index is 654. The predicted octanol–water partition coefficient (Wildman–Crippen LogP) is 3.49. The lowest BCUT2D eigenvalue weighted by Crippen LogP contribution is -2.20. The molecule has 0 radical (unpaired) electrons. The molecule has 0 atom stereocenters. The van der Waals surface area contributed by atoms with Gasteiger partial charge in [0.05, 0.1) is 0 Å². The fraction of sp³-hybridized carbons (Fsp3) is 0.375. The van der Waals surface area contributed by atoms with Crippen LogP contribution >= 0.6 is 11.8 Å². The summed E-state index contributed by atoms with van der Waals surface area (Å²) < 4.78 is 0. The van der Waals surface area contributed by atoms with Crippen LogP contribution in [-0.4, -0.2) is 34.1 Å². The minimum atomic E-state index is -0.988. The molecular formula is C16H18N2O2S. The lowest BCUT2D eigenvalue weighted by atomic mass is 10.0. The van der Waals surface area contributed by atoms with Gasteiger partial charge in [0.25, 0.3) is 0 Å². The van der Waals surface area contributed by atoms with E-state index in [9.17, 15) is 9.90 Å². The smallest absolute Gasteiger partial charge is 0.354 e. The maximum absolute atomic E-state index is 11.2. The summed E-state index contributed by atoms with van der Waals surface area (Å²) in [6, 6.07) is 9.39. The number of pyridine rings is 1. The summed E-state index contributed by atoms with van der Waals surface area (Å²) >= 11 is 2.01. The molecule has 4 nitrogen and oxygen atoms in total. The summed E-state index contributed by atoms with van der Waals surface area (Å²) in [6.45, 7) is 0.862. The number of fused-ring (bicyclic) bond motifs is 1. The van der Waals surface area contributed by atoms with Crippen LogP contribution < -0.4 is 5.32 Å². The van der Waals surface area contributed by atoms with E-state index in [1.54, 1.807) is 6.07 Å². The van der Waals surface area contributed by atoms with Crippen molar-refractivity contribution in [3.63, 3.8) is 0 Å². The Labute approximate surface area is 128 Å². The number of benzene rings is 1. The molecule has 1 saturated heterocycles. The van der Waals surface area contributed by atoms with E-state index in [1.807, 2.05) is 36.0 Å². The quantitative estimate of drug-likeness (QED) is 0.905. The summed E-state index contributed by atoms with van der Waals surface area (Å²) in [5.74, 6) is 2.78. The van der Waals surface area contributed by atoms with Gasteiger partial charge in [-0.15, -0.1) is 0 Å². The van der Waals surface area contributed by atoms with Gasteiger partial charge < -0.3 is 10.4 Å². The Balaban J connectivity index is 1.86. The average molecular weight is 302 g/mol.